The Balaban J connectivity index is 1.27. The lowest BCUT2D eigenvalue weighted by Gasteiger charge is -2.12. The van der Waals surface area contributed by atoms with E-state index in [1.807, 2.05) is 42.5 Å². The summed E-state index contributed by atoms with van der Waals surface area (Å²) in [6, 6.07) is 57.0. The van der Waals surface area contributed by atoms with Crippen molar-refractivity contribution in [1.29, 1.82) is 0 Å². The molecule has 0 aliphatic heterocycles. The summed E-state index contributed by atoms with van der Waals surface area (Å²) in [5.74, 6) is 1.95. The van der Waals surface area contributed by atoms with E-state index in [0.29, 0.717) is 17.5 Å². The van der Waals surface area contributed by atoms with Crippen LogP contribution in [-0.2, 0) is 0 Å². The van der Waals surface area contributed by atoms with Crippen molar-refractivity contribution in [2.45, 2.75) is 0 Å². The van der Waals surface area contributed by atoms with Gasteiger partial charge in [0.25, 0.3) is 0 Å². The quantitative estimate of drug-likeness (QED) is 0.210. The molecule has 8 rings (SSSR count). The summed E-state index contributed by atoms with van der Waals surface area (Å²) in [6.07, 6.45) is 0. The van der Waals surface area contributed by atoms with Gasteiger partial charge in [-0.2, -0.15) is 0 Å². The SMILES string of the molecule is c1ccc(-c2nc(-c3ccc4ccc(-c5ccc6ccccc6c5)cc4c3)nc(-c3ccccc3-c3ccccc3)n2)cc1. The Morgan fingerprint density at radius 1 is 0.250 bits per heavy atom. The molecule has 0 amide bonds. The van der Waals surface area contributed by atoms with E-state index in [4.69, 9.17) is 15.0 Å². The number of hydrogen-bond acceptors (Lipinski definition) is 3. The Bertz CT molecular complexity index is 2270. The molecule has 44 heavy (non-hydrogen) atoms. The van der Waals surface area contributed by atoms with E-state index < -0.39 is 0 Å². The third-order valence-electron chi connectivity index (χ3n) is 8.10. The summed E-state index contributed by atoms with van der Waals surface area (Å²) in [4.78, 5) is 15.1. The van der Waals surface area contributed by atoms with Crippen LogP contribution >= 0.6 is 0 Å². The molecule has 0 bridgehead atoms. The van der Waals surface area contributed by atoms with Gasteiger partial charge < -0.3 is 0 Å². The largest absolute Gasteiger partial charge is 0.208 e. The van der Waals surface area contributed by atoms with Crippen LogP contribution < -0.4 is 0 Å². The van der Waals surface area contributed by atoms with Crippen LogP contribution in [0.3, 0.4) is 0 Å². The predicted octanol–water partition coefficient (Wildman–Crippen LogP) is 10.5. The molecule has 206 valence electrons. The van der Waals surface area contributed by atoms with Crippen molar-refractivity contribution < 1.29 is 0 Å². The predicted molar refractivity (Wildman–Crippen MR) is 182 cm³/mol. The number of benzene rings is 7. The molecule has 0 aliphatic rings. The van der Waals surface area contributed by atoms with Crippen LogP contribution in [0.15, 0.2) is 164 Å². The average Bonchev–Trinajstić information content (AvgIpc) is 3.11. The number of rotatable bonds is 5. The Morgan fingerprint density at radius 2 is 0.705 bits per heavy atom. The van der Waals surface area contributed by atoms with Crippen LogP contribution in [0.5, 0.6) is 0 Å². The van der Waals surface area contributed by atoms with Gasteiger partial charge in [-0.1, -0.05) is 146 Å². The first-order valence-corrected chi connectivity index (χ1v) is 14.8. The summed E-state index contributed by atoms with van der Waals surface area (Å²) in [5, 5.41) is 4.79. The van der Waals surface area contributed by atoms with Crippen molar-refractivity contribution in [3.8, 4) is 56.4 Å². The van der Waals surface area contributed by atoms with Gasteiger partial charge in [0.15, 0.2) is 17.5 Å². The Labute approximate surface area is 256 Å². The molecule has 0 saturated heterocycles. The van der Waals surface area contributed by atoms with Crippen LogP contribution in [0.2, 0.25) is 0 Å². The molecular formula is C41H27N3. The van der Waals surface area contributed by atoms with Gasteiger partial charge in [-0.25, -0.2) is 15.0 Å². The van der Waals surface area contributed by atoms with E-state index in [2.05, 4.69) is 121 Å². The van der Waals surface area contributed by atoms with Crippen molar-refractivity contribution in [1.82, 2.24) is 15.0 Å². The van der Waals surface area contributed by atoms with Gasteiger partial charge in [0.05, 0.1) is 0 Å². The number of aromatic nitrogens is 3. The molecule has 0 radical (unpaired) electrons. The van der Waals surface area contributed by atoms with Gasteiger partial charge in [-0.05, 0) is 62.0 Å². The standard InChI is InChI=1S/C41H27N3/c1-3-12-30(13-4-1)37-17-9-10-18-38(37)41-43-39(31-14-5-2-6-15-31)42-40(44-41)35-24-21-29-20-23-34(26-36(29)27-35)33-22-19-28-11-7-8-16-32(28)25-33/h1-27H. The zero-order chi connectivity index (χ0) is 29.3. The zero-order valence-corrected chi connectivity index (χ0v) is 23.9. The molecule has 3 heteroatoms. The Morgan fingerprint density at radius 3 is 1.41 bits per heavy atom. The lowest BCUT2D eigenvalue weighted by molar-refractivity contribution is 1.07. The van der Waals surface area contributed by atoms with Gasteiger partial charge in [0.1, 0.15) is 0 Å². The van der Waals surface area contributed by atoms with Gasteiger partial charge in [0.2, 0.25) is 0 Å². The molecule has 0 spiro atoms. The van der Waals surface area contributed by atoms with Crippen LogP contribution in [-0.4, -0.2) is 15.0 Å². The topological polar surface area (TPSA) is 38.7 Å². The van der Waals surface area contributed by atoms with Crippen molar-refractivity contribution in [3.63, 3.8) is 0 Å². The minimum atomic E-state index is 0.648. The second-order valence-corrected chi connectivity index (χ2v) is 10.9. The highest BCUT2D eigenvalue weighted by Gasteiger charge is 2.16. The van der Waals surface area contributed by atoms with Gasteiger partial charge >= 0.3 is 0 Å². The average molecular weight is 562 g/mol. The van der Waals surface area contributed by atoms with E-state index in [-0.39, 0.29) is 0 Å². The maximum Gasteiger partial charge on any atom is 0.164 e. The van der Waals surface area contributed by atoms with Crippen LogP contribution in [0, 0.1) is 0 Å². The summed E-state index contributed by atoms with van der Waals surface area (Å²) in [5.41, 5.74) is 7.46. The number of nitrogens with zero attached hydrogens (tertiary/aromatic N) is 3. The highest BCUT2D eigenvalue weighted by atomic mass is 15.0. The number of fused-ring (bicyclic) bond motifs is 2. The summed E-state index contributed by atoms with van der Waals surface area (Å²) < 4.78 is 0. The zero-order valence-electron chi connectivity index (χ0n) is 23.9. The lowest BCUT2D eigenvalue weighted by atomic mass is 9.97. The first-order chi connectivity index (χ1) is 21.8. The van der Waals surface area contributed by atoms with Gasteiger partial charge in [-0.15, -0.1) is 0 Å². The van der Waals surface area contributed by atoms with Crippen LogP contribution in [0.25, 0.3) is 78.0 Å². The monoisotopic (exact) mass is 561 g/mol. The molecule has 0 unspecified atom stereocenters. The Kier molecular flexibility index (Phi) is 6.47. The second-order valence-electron chi connectivity index (χ2n) is 10.9. The van der Waals surface area contributed by atoms with E-state index in [0.717, 1.165) is 33.2 Å². The minimum absolute atomic E-state index is 0.648. The molecule has 7 aromatic carbocycles. The second kappa shape index (κ2) is 11.0. The van der Waals surface area contributed by atoms with Gasteiger partial charge in [-0.3, -0.25) is 0 Å². The highest BCUT2D eigenvalue weighted by Crippen LogP contribution is 2.34. The highest BCUT2D eigenvalue weighted by molar-refractivity contribution is 5.93. The van der Waals surface area contributed by atoms with Crippen molar-refractivity contribution in [2.75, 3.05) is 0 Å². The van der Waals surface area contributed by atoms with E-state index in [1.165, 1.54) is 27.3 Å². The molecule has 3 nitrogen and oxygen atoms in total. The molecule has 0 N–H and O–H groups in total. The summed E-state index contributed by atoms with van der Waals surface area (Å²) in [7, 11) is 0. The molecule has 1 heterocycles. The summed E-state index contributed by atoms with van der Waals surface area (Å²) >= 11 is 0. The third-order valence-corrected chi connectivity index (χ3v) is 8.10. The normalized spacial score (nSPS) is 11.2. The van der Waals surface area contributed by atoms with E-state index in [1.54, 1.807) is 0 Å². The molecule has 0 aliphatic carbocycles. The van der Waals surface area contributed by atoms with E-state index in [9.17, 15) is 0 Å². The van der Waals surface area contributed by atoms with E-state index >= 15 is 0 Å². The Hall–Kier alpha value is -5.93. The third kappa shape index (κ3) is 4.91. The number of hydrogen-bond donors (Lipinski definition) is 0. The van der Waals surface area contributed by atoms with Crippen LogP contribution in [0.1, 0.15) is 0 Å². The fourth-order valence-electron chi connectivity index (χ4n) is 5.82. The van der Waals surface area contributed by atoms with Crippen molar-refractivity contribution in [2.24, 2.45) is 0 Å². The smallest absolute Gasteiger partial charge is 0.164 e. The van der Waals surface area contributed by atoms with Crippen molar-refractivity contribution >= 4 is 21.5 Å². The van der Waals surface area contributed by atoms with Crippen LogP contribution in [0.4, 0.5) is 0 Å². The first kappa shape index (κ1) is 25.8. The van der Waals surface area contributed by atoms with Gasteiger partial charge in [0, 0.05) is 16.7 Å². The molecular weight excluding hydrogens is 534 g/mol. The molecule has 0 atom stereocenters. The fraction of sp³-hybridized carbons (Fsp3) is 0. The lowest BCUT2D eigenvalue weighted by Crippen LogP contribution is -2.01. The molecule has 0 saturated carbocycles. The first-order valence-electron chi connectivity index (χ1n) is 14.8. The molecule has 1 aromatic heterocycles. The molecule has 8 aromatic rings. The fourth-order valence-corrected chi connectivity index (χ4v) is 5.82. The summed E-state index contributed by atoms with van der Waals surface area (Å²) in [6.45, 7) is 0. The van der Waals surface area contributed by atoms with Crippen molar-refractivity contribution in [3.05, 3.63) is 164 Å². The maximum absolute atomic E-state index is 5.08. The maximum atomic E-state index is 5.08. The molecule has 0 fully saturated rings. The minimum Gasteiger partial charge on any atom is -0.208 e.